The molecule has 24 heavy (non-hydrogen) atoms. The molecule has 0 radical (unpaired) electrons. The van der Waals surface area contributed by atoms with E-state index in [1.54, 1.807) is 12.1 Å². The normalized spacial score (nSPS) is 23.0. The first-order chi connectivity index (χ1) is 11.0. The van der Waals surface area contributed by atoms with Gasteiger partial charge in [0.2, 0.25) is 10.0 Å². The van der Waals surface area contributed by atoms with Crippen LogP contribution in [-0.4, -0.2) is 49.5 Å². The molecule has 134 valence electrons. The Morgan fingerprint density at radius 2 is 1.62 bits per heavy atom. The molecular weight excluding hydrogens is 328 g/mol. The highest BCUT2D eigenvalue weighted by atomic mass is 32.2. The van der Waals surface area contributed by atoms with Gasteiger partial charge in [-0.2, -0.15) is 4.31 Å². The Bertz CT molecular complexity index is 682. The Kier molecular flexibility index (Phi) is 5.37. The zero-order valence-corrected chi connectivity index (χ0v) is 15.7. The van der Waals surface area contributed by atoms with E-state index in [1.807, 2.05) is 34.6 Å². The molecule has 2 atom stereocenters. The average molecular weight is 354 g/mol. The number of nitrogens with zero attached hydrogens (tertiary/aromatic N) is 1. The van der Waals surface area contributed by atoms with E-state index in [1.165, 1.54) is 16.4 Å². The number of sulfonamides is 1. The van der Waals surface area contributed by atoms with Crippen molar-refractivity contribution in [2.45, 2.75) is 57.3 Å². The SMILES string of the molecule is CC1CN(S(=O)(=O)c2ccc(C(=O)NC(C)(C)C)cc2)CC(C)O1. The maximum atomic E-state index is 12.8. The Morgan fingerprint density at radius 3 is 2.08 bits per heavy atom. The molecule has 1 fully saturated rings. The number of hydrogen-bond donors (Lipinski definition) is 1. The molecule has 1 aromatic rings. The molecule has 1 heterocycles. The molecule has 0 aromatic heterocycles. The molecule has 7 heteroatoms. The van der Waals surface area contributed by atoms with Crippen LogP contribution >= 0.6 is 0 Å². The number of rotatable bonds is 3. The van der Waals surface area contributed by atoms with Crippen LogP contribution in [0.3, 0.4) is 0 Å². The minimum absolute atomic E-state index is 0.139. The van der Waals surface area contributed by atoms with Gasteiger partial charge in [0.15, 0.2) is 0 Å². The van der Waals surface area contributed by atoms with Crippen LogP contribution in [0.5, 0.6) is 0 Å². The Morgan fingerprint density at radius 1 is 1.12 bits per heavy atom. The van der Waals surface area contributed by atoms with Gasteiger partial charge in [-0.05, 0) is 58.9 Å². The van der Waals surface area contributed by atoms with E-state index >= 15 is 0 Å². The molecular formula is C17H26N2O4S. The Hall–Kier alpha value is -1.44. The van der Waals surface area contributed by atoms with Gasteiger partial charge in [-0.15, -0.1) is 0 Å². The van der Waals surface area contributed by atoms with Crippen LogP contribution in [0.1, 0.15) is 45.0 Å². The quantitative estimate of drug-likeness (QED) is 0.901. The van der Waals surface area contributed by atoms with Gasteiger partial charge >= 0.3 is 0 Å². The summed E-state index contributed by atoms with van der Waals surface area (Å²) in [6, 6.07) is 6.05. The second-order valence-corrected chi connectivity index (χ2v) is 9.25. The monoisotopic (exact) mass is 354 g/mol. The van der Waals surface area contributed by atoms with Crippen LogP contribution in [0.25, 0.3) is 0 Å². The molecule has 1 aliphatic rings. The highest BCUT2D eigenvalue weighted by molar-refractivity contribution is 7.89. The predicted molar refractivity (Wildman–Crippen MR) is 92.4 cm³/mol. The maximum absolute atomic E-state index is 12.8. The number of benzene rings is 1. The summed E-state index contributed by atoms with van der Waals surface area (Å²) in [6.45, 7) is 10.1. The highest BCUT2D eigenvalue weighted by Gasteiger charge is 2.32. The molecule has 0 spiro atoms. The smallest absolute Gasteiger partial charge is 0.251 e. The number of carbonyl (C=O) groups is 1. The number of nitrogens with one attached hydrogen (secondary N) is 1. The molecule has 1 aromatic carbocycles. The van der Waals surface area contributed by atoms with Crippen molar-refractivity contribution in [3.05, 3.63) is 29.8 Å². The van der Waals surface area contributed by atoms with Gasteiger partial charge in [-0.25, -0.2) is 8.42 Å². The summed E-state index contributed by atoms with van der Waals surface area (Å²) >= 11 is 0. The first-order valence-electron chi connectivity index (χ1n) is 8.07. The molecule has 0 saturated carbocycles. The van der Waals surface area contributed by atoms with Gasteiger partial charge in [0.05, 0.1) is 17.1 Å². The zero-order chi connectivity index (χ0) is 18.1. The van der Waals surface area contributed by atoms with Crippen molar-refractivity contribution < 1.29 is 17.9 Å². The van der Waals surface area contributed by atoms with Crippen LogP contribution in [-0.2, 0) is 14.8 Å². The van der Waals surface area contributed by atoms with Crippen molar-refractivity contribution in [1.29, 1.82) is 0 Å². The van der Waals surface area contributed by atoms with Crippen molar-refractivity contribution in [2.24, 2.45) is 0 Å². The second-order valence-electron chi connectivity index (χ2n) is 7.31. The molecule has 6 nitrogen and oxygen atoms in total. The fraction of sp³-hybridized carbons (Fsp3) is 0.588. The van der Waals surface area contributed by atoms with E-state index in [2.05, 4.69) is 5.32 Å². The van der Waals surface area contributed by atoms with Gasteiger partial charge in [0, 0.05) is 24.2 Å². The lowest BCUT2D eigenvalue weighted by Gasteiger charge is -2.34. The molecule has 1 aliphatic heterocycles. The maximum Gasteiger partial charge on any atom is 0.251 e. The van der Waals surface area contributed by atoms with Gasteiger partial charge < -0.3 is 10.1 Å². The highest BCUT2D eigenvalue weighted by Crippen LogP contribution is 2.21. The third kappa shape index (κ3) is 4.55. The first kappa shape index (κ1) is 18.9. The van der Waals surface area contributed by atoms with Crippen molar-refractivity contribution in [3.63, 3.8) is 0 Å². The summed E-state index contributed by atoms with van der Waals surface area (Å²) in [5.74, 6) is -0.222. The summed E-state index contributed by atoms with van der Waals surface area (Å²) in [6.07, 6.45) is -0.277. The molecule has 0 aliphatic carbocycles. The Labute approximate surface area is 144 Å². The van der Waals surface area contributed by atoms with Gasteiger partial charge in [0.25, 0.3) is 5.91 Å². The van der Waals surface area contributed by atoms with Crippen LogP contribution in [0.4, 0.5) is 0 Å². The van der Waals surface area contributed by atoms with Crippen molar-refractivity contribution in [1.82, 2.24) is 9.62 Å². The van der Waals surface area contributed by atoms with Crippen LogP contribution in [0, 0.1) is 0 Å². The molecule has 0 bridgehead atoms. The van der Waals surface area contributed by atoms with E-state index in [9.17, 15) is 13.2 Å². The molecule has 1 amide bonds. The minimum Gasteiger partial charge on any atom is -0.373 e. The second kappa shape index (κ2) is 6.82. The number of ether oxygens (including phenoxy) is 1. The zero-order valence-electron chi connectivity index (χ0n) is 14.9. The summed E-state index contributed by atoms with van der Waals surface area (Å²) in [5.41, 5.74) is 0.0923. The third-order valence-corrected chi connectivity index (χ3v) is 5.47. The van der Waals surface area contributed by atoms with E-state index in [0.29, 0.717) is 18.7 Å². The lowest BCUT2D eigenvalue weighted by atomic mass is 10.1. The topological polar surface area (TPSA) is 75.7 Å². The molecule has 1 saturated heterocycles. The number of amides is 1. The van der Waals surface area contributed by atoms with E-state index in [4.69, 9.17) is 4.74 Å². The lowest BCUT2D eigenvalue weighted by molar-refractivity contribution is -0.0440. The largest absolute Gasteiger partial charge is 0.373 e. The predicted octanol–water partition coefficient (Wildman–Crippen LogP) is 2.01. The lowest BCUT2D eigenvalue weighted by Crippen LogP contribution is -2.48. The van der Waals surface area contributed by atoms with Gasteiger partial charge in [-0.3, -0.25) is 4.79 Å². The van der Waals surface area contributed by atoms with Crippen LogP contribution in [0.2, 0.25) is 0 Å². The summed E-state index contributed by atoms with van der Waals surface area (Å²) in [7, 11) is -3.58. The minimum atomic E-state index is -3.58. The number of morpholine rings is 1. The van der Waals surface area contributed by atoms with Crippen LogP contribution < -0.4 is 5.32 Å². The van der Waals surface area contributed by atoms with E-state index in [-0.39, 0.29) is 28.5 Å². The van der Waals surface area contributed by atoms with E-state index < -0.39 is 10.0 Å². The van der Waals surface area contributed by atoms with Crippen molar-refractivity contribution in [3.8, 4) is 0 Å². The molecule has 2 unspecified atom stereocenters. The third-order valence-electron chi connectivity index (χ3n) is 3.63. The first-order valence-corrected chi connectivity index (χ1v) is 9.51. The Balaban J connectivity index is 2.19. The summed E-state index contributed by atoms with van der Waals surface area (Å²) < 4.78 is 32.5. The average Bonchev–Trinajstić information content (AvgIpc) is 2.44. The van der Waals surface area contributed by atoms with E-state index in [0.717, 1.165) is 0 Å². The van der Waals surface area contributed by atoms with Crippen LogP contribution in [0.15, 0.2) is 29.2 Å². The number of hydrogen-bond acceptors (Lipinski definition) is 4. The summed E-state index contributed by atoms with van der Waals surface area (Å²) in [5, 5.41) is 2.85. The van der Waals surface area contributed by atoms with Gasteiger partial charge in [-0.1, -0.05) is 0 Å². The summed E-state index contributed by atoms with van der Waals surface area (Å²) in [4.78, 5) is 12.3. The molecule has 1 N–H and O–H groups in total. The standard InChI is InChI=1S/C17H26N2O4S/c1-12-10-19(11-13(2)23-12)24(21,22)15-8-6-14(7-9-15)16(20)18-17(3,4)5/h6-9,12-13H,10-11H2,1-5H3,(H,18,20). The fourth-order valence-electron chi connectivity index (χ4n) is 2.67. The van der Waals surface area contributed by atoms with Gasteiger partial charge in [0.1, 0.15) is 0 Å². The molecule has 2 rings (SSSR count). The van der Waals surface area contributed by atoms with Crippen molar-refractivity contribution in [2.75, 3.05) is 13.1 Å². The number of carbonyl (C=O) groups excluding carboxylic acids is 1. The fourth-order valence-corrected chi connectivity index (χ4v) is 4.26. The van der Waals surface area contributed by atoms with Crippen molar-refractivity contribution >= 4 is 15.9 Å².